The van der Waals surface area contributed by atoms with Gasteiger partial charge in [0.2, 0.25) is 0 Å². The molecule has 0 saturated carbocycles. The quantitative estimate of drug-likeness (QED) is 0.460. The van der Waals surface area contributed by atoms with Gasteiger partial charge in [0, 0.05) is 23.4 Å². The Labute approximate surface area is 146 Å². The Balaban J connectivity index is 6.11. The average Bonchev–Trinajstić information content (AvgIpc) is 2.22. The van der Waals surface area contributed by atoms with E-state index in [4.69, 9.17) is 13.3 Å². The summed E-state index contributed by atoms with van der Waals surface area (Å²) in [5.74, 6) is 1.55. The fourth-order valence-electron chi connectivity index (χ4n) is 4.11. The molecule has 0 unspecified atom stereocenters. The first-order valence-corrected chi connectivity index (χ1v) is 11.0. The molecule has 0 radical (unpaired) electrons. The first-order chi connectivity index (χ1) is 10.3. The fourth-order valence-corrected chi connectivity index (χ4v) is 8.13. The van der Waals surface area contributed by atoms with Gasteiger partial charge < -0.3 is 13.3 Å². The summed E-state index contributed by atoms with van der Waals surface area (Å²) < 4.78 is 19.5. The van der Waals surface area contributed by atoms with Crippen molar-refractivity contribution in [1.82, 2.24) is 0 Å². The summed E-state index contributed by atoms with van der Waals surface area (Å²) in [5.41, 5.74) is 0. The first-order valence-electron chi connectivity index (χ1n) is 9.30. The second kappa shape index (κ2) is 8.98. The lowest BCUT2D eigenvalue weighted by Crippen LogP contribution is -2.61. The SMILES string of the molecule is CC(C)O[Si](OC(C)C)(OC(C)C)C(C)(C)C(C(C)C)C(C)C. The van der Waals surface area contributed by atoms with Crippen LogP contribution in [0.5, 0.6) is 0 Å². The van der Waals surface area contributed by atoms with Gasteiger partial charge in [0.25, 0.3) is 0 Å². The minimum Gasteiger partial charge on any atom is -0.371 e. The lowest BCUT2D eigenvalue weighted by molar-refractivity contribution is -0.0302. The third-order valence-corrected chi connectivity index (χ3v) is 8.49. The van der Waals surface area contributed by atoms with Crippen LogP contribution >= 0.6 is 0 Å². The average molecular weight is 347 g/mol. The Kier molecular flexibility index (Phi) is 9.02. The van der Waals surface area contributed by atoms with Crippen LogP contribution in [0.1, 0.15) is 83.1 Å². The molecule has 0 amide bonds. The van der Waals surface area contributed by atoms with E-state index in [0.29, 0.717) is 17.8 Å². The van der Waals surface area contributed by atoms with Gasteiger partial charge in [0.1, 0.15) is 0 Å². The van der Waals surface area contributed by atoms with Crippen molar-refractivity contribution in [3.8, 4) is 0 Å². The molecule has 0 bridgehead atoms. The zero-order valence-electron chi connectivity index (χ0n) is 17.7. The minimum absolute atomic E-state index is 0.0819. The molecular formula is C19H42O3Si. The van der Waals surface area contributed by atoms with Gasteiger partial charge in [-0.1, -0.05) is 41.5 Å². The molecule has 0 aliphatic carbocycles. The van der Waals surface area contributed by atoms with Crippen LogP contribution in [0.4, 0.5) is 0 Å². The van der Waals surface area contributed by atoms with E-state index in [1.165, 1.54) is 0 Å². The van der Waals surface area contributed by atoms with E-state index in [0.717, 1.165) is 0 Å². The topological polar surface area (TPSA) is 27.7 Å². The maximum Gasteiger partial charge on any atom is 0.507 e. The summed E-state index contributed by atoms with van der Waals surface area (Å²) in [7, 11) is -2.90. The fraction of sp³-hybridized carbons (Fsp3) is 1.00. The highest BCUT2D eigenvalue weighted by Crippen LogP contribution is 2.53. The molecule has 0 atom stereocenters. The van der Waals surface area contributed by atoms with Gasteiger partial charge in [-0.3, -0.25) is 0 Å². The lowest BCUT2D eigenvalue weighted by atomic mass is 9.77. The number of hydrogen-bond donors (Lipinski definition) is 0. The van der Waals surface area contributed by atoms with E-state index < -0.39 is 8.80 Å². The summed E-state index contributed by atoms with van der Waals surface area (Å²) in [6, 6.07) is 0. The van der Waals surface area contributed by atoms with Gasteiger partial charge in [-0.05, 0) is 59.3 Å². The largest absolute Gasteiger partial charge is 0.507 e. The Morgan fingerprint density at radius 3 is 1.00 bits per heavy atom. The number of rotatable bonds is 10. The van der Waals surface area contributed by atoms with Crippen LogP contribution < -0.4 is 0 Å². The Hall–Kier alpha value is 0.0969. The molecule has 23 heavy (non-hydrogen) atoms. The molecule has 3 nitrogen and oxygen atoms in total. The summed E-state index contributed by atoms with van der Waals surface area (Å²) >= 11 is 0. The highest BCUT2D eigenvalue weighted by Gasteiger charge is 2.61. The summed E-state index contributed by atoms with van der Waals surface area (Å²) in [4.78, 5) is 0. The van der Waals surface area contributed by atoms with Gasteiger partial charge in [-0.25, -0.2) is 0 Å². The summed E-state index contributed by atoms with van der Waals surface area (Å²) in [6.45, 7) is 26.2. The third-order valence-electron chi connectivity index (χ3n) is 4.23. The molecule has 0 aromatic carbocycles. The van der Waals surface area contributed by atoms with Crippen LogP contribution in [-0.2, 0) is 13.3 Å². The monoisotopic (exact) mass is 346 g/mol. The molecule has 0 heterocycles. The second-order valence-electron chi connectivity index (χ2n) is 8.79. The van der Waals surface area contributed by atoms with Crippen molar-refractivity contribution < 1.29 is 13.3 Å². The highest BCUT2D eigenvalue weighted by atomic mass is 28.4. The lowest BCUT2D eigenvalue weighted by Gasteiger charge is -2.50. The van der Waals surface area contributed by atoms with Crippen LogP contribution in [0, 0.1) is 17.8 Å². The van der Waals surface area contributed by atoms with Gasteiger partial charge in [-0.15, -0.1) is 0 Å². The molecule has 0 aliphatic rings. The van der Waals surface area contributed by atoms with Crippen molar-refractivity contribution in [3.05, 3.63) is 0 Å². The van der Waals surface area contributed by atoms with E-state index >= 15 is 0 Å². The maximum absolute atomic E-state index is 6.50. The highest BCUT2D eigenvalue weighted by molar-refractivity contribution is 6.64. The summed E-state index contributed by atoms with van der Waals surface area (Å²) in [5, 5.41) is -0.159. The normalized spacial score (nSPS) is 14.3. The van der Waals surface area contributed by atoms with Crippen LogP contribution in [-0.4, -0.2) is 27.1 Å². The molecule has 0 aromatic heterocycles. The van der Waals surface area contributed by atoms with E-state index in [2.05, 4.69) is 83.1 Å². The molecular weight excluding hydrogens is 304 g/mol. The van der Waals surface area contributed by atoms with Crippen LogP contribution in [0.2, 0.25) is 5.04 Å². The molecule has 0 saturated heterocycles. The second-order valence-corrected chi connectivity index (χ2v) is 11.9. The molecule has 140 valence electrons. The van der Waals surface area contributed by atoms with Crippen molar-refractivity contribution >= 4 is 8.80 Å². The maximum atomic E-state index is 6.50. The predicted molar refractivity (Wildman–Crippen MR) is 102 cm³/mol. The molecule has 0 rings (SSSR count). The standard InChI is InChI=1S/C19H42O3Si/c1-13(2)18(14(3)4)19(11,12)23(20-15(5)6,21-16(7)8)22-17(9)10/h13-18H,1-12H3. The van der Waals surface area contributed by atoms with Gasteiger partial charge in [0.15, 0.2) is 0 Å². The summed E-state index contributed by atoms with van der Waals surface area (Å²) in [6.07, 6.45) is 0.246. The van der Waals surface area contributed by atoms with Crippen molar-refractivity contribution in [2.45, 2.75) is 106 Å². The van der Waals surface area contributed by atoms with Crippen LogP contribution in [0.25, 0.3) is 0 Å². The zero-order valence-corrected chi connectivity index (χ0v) is 18.7. The van der Waals surface area contributed by atoms with Crippen molar-refractivity contribution in [1.29, 1.82) is 0 Å². The minimum atomic E-state index is -2.90. The van der Waals surface area contributed by atoms with Crippen LogP contribution in [0.3, 0.4) is 0 Å². The van der Waals surface area contributed by atoms with E-state index in [1.807, 2.05) is 0 Å². The molecule has 0 aliphatic heterocycles. The van der Waals surface area contributed by atoms with Gasteiger partial charge in [0.05, 0.1) is 0 Å². The van der Waals surface area contributed by atoms with E-state index in [9.17, 15) is 0 Å². The molecule has 4 heteroatoms. The van der Waals surface area contributed by atoms with Crippen molar-refractivity contribution in [2.75, 3.05) is 0 Å². The Bertz CT molecular complexity index is 301. The Morgan fingerprint density at radius 2 is 0.826 bits per heavy atom. The zero-order chi connectivity index (χ0) is 18.6. The Morgan fingerprint density at radius 1 is 0.565 bits per heavy atom. The van der Waals surface area contributed by atoms with Crippen molar-refractivity contribution in [2.24, 2.45) is 17.8 Å². The third kappa shape index (κ3) is 6.15. The van der Waals surface area contributed by atoms with Crippen LogP contribution in [0.15, 0.2) is 0 Å². The van der Waals surface area contributed by atoms with E-state index in [1.54, 1.807) is 0 Å². The smallest absolute Gasteiger partial charge is 0.371 e. The molecule has 0 aromatic rings. The van der Waals surface area contributed by atoms with Crippen molar-refractivity contribution in [3.63, 3.8) is 0 Å². The first kappa shape index (κ1) is 23.1. The molecule has 0 fully saturated rings. The molecule has 0 N–H and O–H groups in total. The number of hydrogen-bond acceptors (Lipinski definition) is 3. The van der Waals surface area contributed by atoms with Gasteiger partial charge >= 0.3 is 8.80 Å². The van der Waals surface area contributed by atoms with Gasteiger partial charge in [-0.2, -0.15) is 0 Å². The molecule has 0 spiro atoms. The predicted octanol–water partition coefficient (Wildman–Crippen LogP) is 5.91. The van der Waals surface area contributed by atoms with E-state index in [-0.39, 0.29) is 23.4 Å².